The minimum Gasteiger partial charge on any atom is -0.478 e. The fraction of sp³-hybridized carbons (Fsp3) is 0. The van der Waals surface area contributed by atoms with E-state index in [0.29, 0.717) is 11.1 Å². The van der Waals surface area contributed by atoms with E-state index in [1.165, 1.54) is 10.6 Å². The van der Waals surface area contributed by atoms with Crippen molar-refractivity contribution in [2.24, 2.45) is 0 Å². The molecule has 0 saturated carbocycles. The van der Waals surface area contributed by atoms with Crippen molar-refractivity contribution in [3.63, 3.8) is 0 Å². The van der Waals surface area contributed by atoms with Gasteiger partial charge in [-0.2, -0.15) is 0 Å². The average Bonchev–Trinajstić information content (AvgIpc) is 2.82. The highest BCUT2D eigenvalue weighted by Crippen LogP contribution is 2.20. The van der Waals surface area contributed by atoms with E-state index in [-0.39, 0.29) is 11.3 Å². The molecule has 0 fully saturated rings. The number of carbonyl (C=O) groups is 2. The standard InChI is InChI=1S/C15H9NO6/c17-13(18)9-6-5-8(7-10(9)14(19)20)16-11-3-1-2-4-12(11)22-15(16)21/h1-7H,(H,17,18)(H,19,20). The molecule has 3 rings (SSSR count). The van der Waals surface area contributed by atoms with E-state index in [4.69, 9.17) is 14.6 Å². The zero-order valence-electron chi connectivity index (χ0n) is 11.0. The van der Waals surface area contributed by atoms with Gasteiger partial charge in [0.05, 0.1) is 22.3 Å². The molecule has 7 nitrogen and oxygen atoms in total. The van der Waals surface area contributed by atoms with Crippen molar-refractivity contribution in [3.8, 4) is 5.69 Å². The molecule has 2 aromatic carbocycles. The lowest BCUT2D eigenvalue weighted by Gasteiger charge is -2.06. The number of carboxylic acids is 2. The van der Waals surface area contributed by atoms with Crippen LogP contribution in [0.1, 0.15) is 20.7 Å². The topological polar surface area (TPSA) is 110 Å². The van der Waals surface area contributed by atoms with Gasteiger partial charge in [0.25, 0.3) is 0 Å². The summed E-state index contributed by atoms with van der Waals surface area (Å²) in [5.41, 5.74) is 0.287. The van der Waals surface area contributed by atoms with Gasteiger partial charge in [-0.25, -0.2) is 19.0 Å². The first kappa shape index (κ1) is 13.6. The van der Waals surface area contributed by atoms with Crippen LogP contribution in [0, 0.1) is 0 Å². The third kappa shape index (κ3) is 2.05. The van der Waals surface area contributed by atoms with Crippen molar-refractivity contribution >= 4 is 23.0 Å². The summed E-state index contributed by atoms with van der Waals surface area (Å²) >= 11 is 0. The highest BCUT2D eigenvalue weighted by Gasteiger charge is 2.19. The minimum atomic E-state index is -1.39. The Hall–Kier alpha value is -3.35. The van der Waals surface area contributed by atoms with Crippen molar-refractivity contribution in [2.75, 3.05) is 0 Å². The first-order chi connectivity index (χ1) is 10.5. The molecule has 0 aliphatic rings. The quantitative estimate of drug-likeness (QED) is 0.765. The number of carboxylic acid groups (broad SMARTS) is 2. The van der Waals surface area contributed by atoms with Crippen LogP contribution in [-0.2, 0) is 0 Å². The first-order valence-corrected chi connectivity index (χ1v) is 6.20. The summed E-state index contributed by atoms with van der Waals surface area (Å²) in [6.45, 7) is 0. The van der Waals surface area contributed by atoms with E-state index < -0.39 is 23.3 Å². The Morgan fingerprint density at radius 2 is 1.64 bits per heavy atom. The molecule has 110 valence electrons. The lowest BCUT2D eigenvalue weighted by atomic mass is 10.1. The van der Waals surface area contributed by atoms with Crippen LogP contribution in [0.15, 0.2) is 51.7 Å². The molecule has 3 aromatic rings. The van der Waals surface area contributed by atoms with Gasteiger partial charge in [-0.05, 0) is 30.3 Å². The molecule has 0 aliphatic heterocycles. The zero-order chi connectivity index (χ0) is 15.9. The smallest absolute Gasteiger partial charge is 0.424 e. The molecule has 0 saturated heterocycles. The molecule has 1 aromatic heterocycles. The third-order valence-electron chi connectivity index (χ3n) is 3.21. The molecule has 0 bridgehead atoms. The molecule has 0 aliphatic carbocycles. The van der Waals surface area contributed by atoms with Crippen LogP contribution in [0.2, 0.25) is 0 Å². The summed E-state index contributed by atoms with van der Waals surface area (Å²) in [4.78, 5) is 34.2. The number of benzene rings is 2. The fourth-order valence-corrected chi connectivity index (χ4v) is 2.25. The summed E-state index contributed by atoms with van der Waals surface area (Å²) < 4.78 is 6.26. The van der Waals surface area contributed by atoms with E-state index in [1.807, 2.05) is 0 Å². The molecule has 1 heterocycles. The molecule has 0 radical (unpaired) electrons. The number of rotatable bonds is 3. The Morgan fingerprint density at radius 3 is 2.32 bits per heavy atom. The summed E-state index contributed by atoms with van der Waals surface area (Å²) in [5, 5.41) is 18.2. The van der Waals surface area contributed by atoms with Crippen LogP contribution in [0.3, 0.4) is 0 Å². The van der Waals surface area contributed by atoms with Crippen LogP contribution in [-0.4, -0.2) is 26.7 Å². The molecule has 22 heavy (non-hydrogen) atoms. The first-order valence-electron chi connectivity index (χ1n) is 6.20. The van der Waals surface area contributed by atoms with Crippen LogP contribution in [0.4, 0.5) is 0 Å². The minimum absolute atomic E-state index is 0.220. The zero-order valence-corrected chi connectivity index (χ0v) is 11.0. The van der Waals surface area contributed by atoms with Gasteiger partial charge < -0.3 is 14.6 Å². The SMILES string of the molecule is O=C(O)c1ccc(-n2c(=O)oc3ccccc32)cc1C(=O)O. The lowest BCUT2D eigenvalue weighted by Crippen LogP contribution is -2.14. The van der Waals surface area contributed by atoms with Crippen molar-refractivity contribution in [2.45, 2.75) is 0 Å². The van der Waals surface area contributed by atoms with Crippen LogP contribution >= 0.6 is 0 Å². The van der Waals surface area contributed by atoms with Gasteiger partial charge in [-0.15, -0.1) is 0 Å². The van der Waals surface area contributed by atoms with Crippen molar-refractivity contribution in [1.82, 2.24) is 4.57 Å². The second-order valence-electron chi connectivity index (χ2n) is 4.51. The molecule has 0 atom stereocenters. The number of aromatic carboxylic acids is 2. The van der Waals surface area contributed by atoms with E-state index in [1.54, 1.807) is 24.3 Å². The Bertz CT molecular complexity index is 966. The van der Waals surface area contributed by atoms with Gasteiger partial charge in [0, 0.05) is 0 Å². The van der Waals surface area contributed by atoms with Gasteiger partial charge in [-0.3, -0.25) is 0 Å². The Balaban J connectivity index is 2.30. The van der Waals surface area contributed by atoms with E-state index in [9.17, 15) is 14.4 Å². The molecule has 0 spiro atoms. The number of nitrogens with zero attached hydrogens (tertiary/aromatic N) is 1. The van der Waals surface area contributed by atoms with Gasteiger partial charge in [0.15, 0.2) is 5.58 Å². The second kappa shape index (κ2) is 4.88. The van der Waals surface area contributed by atoms with Gasteiger partial charge in [0.2, 0.25) is 0 Å². The summed E-state index contributed by atoms with van der Waals surface area (Å²) in [6.07, 6.45) is 0. The maximum absolute atomic E-state index is 12.0. The number of oxazole rings is 1. The van der Waals surface area contributed by atoms with Gasteiger partial charge in [-0.1, -0.05) is 12.1 Å². The predicted octanol–water partition coefficient (Wildman–Crippen LogP) is 1.98. The van der Waals surface area contributed by atoms with Crippen LogP contribution in [0.5, 0.6) is 0 Å². The predicted molar refractivity (Wildman–Crippen MR) is 75.7 cm³/mol. The molecular weight excluding hydrogens is 290 g/mol. The third-order valence-corrected chi connectivity index (χ3v) is 3.21. The Kier molecular flexibility index (Phi) is 3.03. The van der Waals surface area contributed by atoms with E-state index >= 15 is 0 Å². The maximum atomic E-state index is 12.0. The average molecular weight is 299 g/mol. The summed E-state index contributed by atoms with van der Waals surface area (Å²) in [7, 11) is 0. The van der Waals surface area contributed by atoms with Crippen molar-refractivity contribution < 1.29 is 24.2 Å². The normalized spacial score (nSPS) is 10.7. The number of fused-ring (bicyclic) bond motifs is 1. The van der Waals surface area contributed by atoms with Crippen molar-refractivity contribution in [3.05, 3.63) is 64.1 Å². The lowest BCUT2D eigenvalue weighted by molar-refractivity contribution is 0.0651. The molecular formula is C15H9NO6. The van der Waals surface area contributed by atoms with Gasteiger partial charge in [0.1, 0.15) is 0 Å². The monoisotopic (exact) mass is 299 g/mol. The van der Waals surface area contributed by atoms with Gasteiger partial charge >= 0.3 is 17.7 Å². The Morgan fingerprint density at radius 1 is 0.955 bits per heavy atom. The Labute approximate surface area is 122 Å². The van der Waals surface area contributed by atoms with Crippen molar-refractivity contribution in [1.29, 1.82) is 0 Å². The maximum Gasteiger partial charge on any atom is 0.424 e. The molecule has 2 N–H and O–H groups in total. The molecule has 0 amide bonds. The fourth-order valence-electron chi connectivity index (χ4n) is 2.25. The van der Waals surface area contributed by atoms with Crippen LogP contribution < -0.4 is 5.76 Å². The summed E-state index contributed by atoms with van der Waals surface area (Å²) in [6, 6.07) is 10.3. The number of hydrogen-bond donors (Lipinski definition) is 2. The largest absolute Gasteiger partial charge is 0.478 e. The van der Waals surface area contributed by atoms with E-state index in [2.05, 4.69) is 0 Å². The molecule has 7 heteroatoms. The highest BCUT2D eigenvalue weighted by atomic mass is 16.4. The summed E-state index contributed by atoms with van der Waals surface area (Å²) in [5.74, 6) is -3.42. The number of hydrogen-bond acceptors (Lipinski definition) is 4. The number of para-hydroxylation sites is 2. The van der Waals surface area contributed by atoms with Crippen LogP contribution in [0.25, 0.3) is 16.8 Å². The van der Waals surface area contributed by atoms with E-state index in [0.717, 1.165) is 12.1 Å². The highest BCUT2D eigenvalue weighted by molar-refractivity contribution is 6.02. The second-order valence-corrected chi connectivity index (χ2v) is 4.51. The molecule has 0 unspecified atom stereocenters. The number of aromatic nitrogens is 1.